The van der Waals surface area contributed by atoms with Gasteiger partial charge in [0.15, 0.2) is 5.16 Å². The number of rotatable bonds is 4. The van der Waals surface area contributed by atoms with E-state index in [0.717, 1.165) is 0 Å². The Balaban J connectivity index is 2.26. The molecular weight excluding hydrogens is 265 g/mol. The molecular formula is C12H14FN5S. The third kappa shape index (κ3) is 3.33. The lowest BCUT2D eigenvalue weighted by Gasteiger charge is -2.14. The molecule has 1 heterocycles. The molecule has 19 heavy (non-hydrogen) atoms. The molecule has 1 atom stereocenters. The van der Waals surface area contributed by atoms with Gasteiger partial charge in [0.2, 0.25) is 0 Å². The topological polar surface area (TPSA) is 104 Å². The Morgan fingerprint density at radius 2 is 1.79 bits per heavy atom. The molecule has 7 heteroatoms. The van der Waals surface area contributed by atoms with Crippen LogP contribution >= 0.6 is 11.8 Å². The number of halogens is 1. The first-order valence-corrected chi connectivity index (χ1v) is 6.49. The lowest BCUT2D eigenvalue weighted by atomic mass is 10.1. The highest BCUT2D eigenvalue weighted by Gasteiger charge is 2.17. The Labute approximate surface area is 114 Å². The van der Waals surface area contributed by atoms with Crippen molar-refractivity contribution >= 4 is 23.4 Å². The smallest absolute Gasteiger partial charge is 0.192 e. The third-order valence-electron chi connectivity index (χ3n) is 2.46. The minimum atomic E-state index is -0.303. The summed E-state index contributed by atoms with van der Waals surface area (Å²) < 4.78 is 13.7. The predicted octanol–water partition coefficient (Wildman–Crippen LogP) is 1.57. The summed E-state index contributed by atoms with van der Waals surface area (Å²) in [6.07, 6.45) is 0. The van der Waals surface area contributed by atoms with Gasteiger partial charge in [-0.3, -0.25) is 0 Å². The van der Waals surface area contributed by atoms with E-state index in [1.54, 1.807) is 18.2 Å². The average Bonchev–Trinajstić information content (AvgIpc) is 2.36. The summed E-state index contributed by atoms with van der Waals surface area (Å²) in [6, 6.07) is 7.94. The number of aromatic nitrogens is 2. The quantitative estimate of drug-likeness (QED) is 0.579. The van der Waals surface area contributed by atoms with E-state index in [9.17, 15) is 4.39 Å². The van der Waals surface area contributed by atoms with Gasteiger partial charge in [-0.05, 0) is 6.07 Å². The lowest BCUT2D eigenvalue weighted by molar-refractivity contribution is 0.608. The lowest BCUT2D eigenvalue weighted by Crippen LogP contribution is -2.12. The van der Waals surface area contributed by atoms with Crippen molar-refractivity contribution in [3.63, 3.8) is 0 Å². The molecule has 0 aliphatic heterocycles. The highest BCUT2D eigenvalue weighted by Crippen LogP contribution is 2.34. The van der Waals surface area contributed by atoms with E-state index in [4.69, 9.17) is 17.2 Å². The van der Waals surface area contributed by atoms with Crippen LogP contribution in [0.2, 0.25) is 0 Å². The first-order chi connectivity index (χ1) is 9.10. The number of hydrogen-bond donors (Lipinski definition) is 3. The van der Waals surface area contributed by atoms with E-state index in [1.165, 1.54) is 23.9 Å². The SMILES string of the molecule is NCC(Sc1nc(N)cc(N)n1)c1ccccc1F. The highest BCUT2D eigenvalue weighted by molar-refractivity contribution is 7.99. The van der Waals surface area contributed by atoms with Crippen molar-refractivity contribution < 1.29 is 4.39 Å². The highest BCUT2D eigenvalue weighted by atomic mass is 32.2. The molecule has 0 spiro atoms. The first kappa shape index (κ1) is 13.6. The number of nitrogens with zero attached hydrogens (tertiary/aromatic N) is 2. The molecule has 0 bridgehead atoms. The van der Waals surface area contributed by atoms with Crippen molar-refractivity contribution in [1.29, 1.82) is 0 Å². The van der Waals surface area contributed by atoms with Gasteiger partial charge in [0.1, 0.15) is 17.5 Å². The van der Waals surface area contributed by atoms with Crippen LogP contribution in [0.1, 0.15) is 10.8 Å². The summed E-state index contributed by atoms with van der Waals surface area (Å²) in [4.78, 5) is 8.10. The molecule has 0 aliphatic rings. The van der Waals surface area contributed by atoms with Crippen molar-refractivity contribution in [2.24, 2.45) is 5.73 Å². The van der Waals surface area contributed by atoms with Crippen molar-refractivity contribution in [2.75, 3.05) is 18.0 Å². The number of thioether (sulfide) groups is 1. The fourth-order valence-corrected chi connectivity index (χ4v) is 2.60. The van der Waals surface area contributed by atoms with E-state index >= 15 is 0 Å². The summed E-state index contributed by atoms with van der Waals surface area (Å²) in [5, 5.41) is 0.0959. The van der Waals surface area contributed by atoms with Gasteiger partial charge in [0, 0.05) is 18.2 Å². The third-order valence-corrected chi connectivity index (χ3v) is 3.58. The van der Waals surface area contributed by atoms with E-state index in [2.05, 4.69) is 9.97 Å². The molecule has 2 aromatic rings. The Hall–Kier alpha value is -1.86. The van der Waals surface area contributed by atoms with Crippen LogP contribution in [0.5, 0.6) is 0 Å². The number of anilines is 2. The van der Waals surface area contributed by atoms with Crippen molar-refractivity contribution in [1.82, 2.24) is 9.97 Å². The summed E-state index contributed by atoms with van der Waals surface area (Å²) >= 11 is 1.24. The van der Waals surface area contributed by atoms with Crippen molar-refractivity contribution in [3.05, 3.63) is 41.7 Å². The molecule has 0 fully saturated rings. The molecule has 0 amide bonds. The Morgan fingerprint density at radius 3 is 2.37 bits per heavy atom. The molecule has 2 rings (SSSR count). The second-order valence-corrected chi connectivity index (χ2v) is 5.03. The van der Waals surface area contributed by atoms with Crippen LogP contribution in [-0.2, 0) is 0 Å². The summed E-state index contributed by atoms with van der Waals surface area (Å²) in [7, 11) is 0. The zero-order valence-corrected chi connectivity index (χ0v) is 10.9. The largest absolute Gasteiger partial charge is 0.383 e. The number of benzene rings is 1. The Morgan fingerprint density at radius 1 is 1.16 bits per heavy atom. The van der Waals surface area contributed by atoms with E-state index < -0.39 is 0 Å². The van der Waals surface area contributed by atoms with Gasteiger partial charge in [0.25, 0.3) is 0 Å². The molecule has 6 N–H and O–H groups in total. The summed E-state index contributed by atoms with van der Waals surface area (Å²) in [6.45, 7) is 0.254. The van der Waals surface area contributed by atoms with Gasteiger partial charge in [-0.2, -0.15) is 0 Å². The second-order valence-electron chi connectivity index (χ2n) is 3.86. The van der Waals surface area contributed by atoms with Gasteiger partial charge < -0.3 is 17.2 Å². The molecule has 5 nitrogen and oxygen atoms in total. The monoisotopic (exact) mass is 279 g/mol. The molecule has 1 aromatic carbocycles. The van der Waals surface area contributed by atoms with Crippen LogP contribution < -0.4 is 17.2 Å². The summed E-state index contributed by atoms with van der Waals surface area (Å²) in [5.41, 5.74) is 17.4. The van der Waals surface area contributed by atoms with Gasteiger partial charge in [-0.1, -0.05) is 30.0 Å². The van der Waals surface area contributed by atoms with Gasteiger partial charge in [-0.15, -0.1) is 0 Å². The zero-order valence-electron chi connectivity index (χ0n) is 10.1. The fourth-order valence-electron chi connectivity index (χ4n) is 1.62. The summed E-state index contributed by atoms with van der Waals surface area (Å²) in [5.74, 6) is 0.251. The van der Waals surface area contributed by atoms with E-state index in [-0.39, 0.29) is 29.2 Å². The van der Waals surface area contributed by atoms with E-state index in [0.29, 0.717) is 10.7 Å². The van der Waals surface area contributed by atoms with E-state index in [1.807, 2.05) is 0 Å². The maximum Gasteiger partial charge on any atom is 0.192 e. The molecule has 1 unspecified atom stereocenters. The minimum absolute atomic E-state index is 0.254. The predicted molar refractivity (Wildman–Crippen MR) is 74.9 cm³/mol. The number of nitrogens with two attached hydrogens (primary N) is 3. The molecule has 0 saturated carbocycles. The van der Waals surface area contributed by atoms with Crippen LogP contribution in [0.25, 0.3) is 0 Å². The minimum Gasteiger partial charge on any atom is -0.383 e. The van der Waals surface area contributed by atoms with Gasteiger partial charge >= 0.3 is 0 Å². The Kier molecular flexibility index (Phi) is 4.18. The normalized spacial score (nSPS) is 12.3. The number of nitrogen functional groups attached to an aromatic ring is 2. The van der Waals surface area contributed by atoms with Crippen LogP contribution in [0.15, 0.2) is 35.5 Å². The molecule has 0 saturated heterocycles. The molecule has 100 valence electrons. The van der Waals surface area contributed by atoms with Crippen LogP contribution in [0.3, 0.4) is 0 Å². The Bertz CT molecular complexity index is 558. The average molecular weight is 279 g/mol. The molecule has 0 radical (unpaired) electrons. The molecule has 1 aromatic heterocycles. The maximum absolute atomic E-state index is 13.7. The van der Waals surface area contributed by atoms with Crippen molar-refractivity contribution in [2.45, 2.75) is 10.4 Å². The molecule has 0 aliphatic carbocycles. The van der Waals surface area contributed by atoms with Gasteiger partial charge in [0.05, 0.1) is 5.25 Å². The standard InChI is InChI=1S/C12H14FN5S/c13-8-4-2-1-3-7(8)9(6-14)19-12-17-10(15)5-11(16)18-12/h1-5,9H,6,14H2,(H4,15,16,17,18). The maximum atomic E-state index is 13.7. The zero-order chi connectivity index (χ0) is 13.8. The first-order valence-electron chi connectivity index (χ1n) is 5.61. The van der Waals surface area contributed by atoms with Crippen molar-refractivity contribution in [3.8, 4) is 0 Å². The van der Waals surface area contributed by atoms with Crippen LogP contribution in [0, 0.1) is 5.82 Å². The van der Waals surface area contributed by atoms with Gasteiger partial charge in [-0.25, -0.2) is 14.4 Å². The number of hydrogen-bond acceptors (Lipinski definition) is 6. The second kappa shape index (κ2) is 5.85. The van der Waals surface area contributed by atoms with Crippen LogP contribution in [-0.4, -0.2) is 16.5 Å². The fraction of sp³-hybridized carbons (Fsp3) is 0.167. The van der Waals surface area contributed by atoms with Crippen LogP contribution in [0.4, 0.5) is 16.0 Å².